The largest absolute Gasteiger partial charge is 0.248 e. The van der Waals surface area contributed by atoms with E-state index in [1.807, 2.05) is 22.4 Å². The molecule has 1 aromatic rings. The van der Waals surface area contributed by atoms with Crippen LogP contribution in [-0.4, -0.2) is 11.3 Å². The van der Waals surface area contributed by atoms with Crippen molar-refractivity contribution >= 4 is 41.8 Å². The first-order valence-electron chi connectivity index (χ1n) is 5.09. The third-order valence-electron chi connectivity index (χ3n) is 2.28. The van der Waals surface area contributed by atoms with Gasteiger partial charge in [0.05, 0.1) is 11.2 Å². The Morgan fingerprint density at radius 1 is 1.40 bits per heavy atom. The molecule has 0 saturated carbocycles. The Balaban J connectivity index is 2.14. The van der Waals surface area contributed by atoms with Gasteiger partial charge in [-0.15, -0.1) is 11.7 Å². The Hall–Kier alpha value is -0.0600. The van der Waals surface area contributed by atoms with Crippen molar-refractivity contribution in [1.29, 1.82) is 0 Å². The normalized spacial score (nSPS) is 27.3. The highest BCUT2D eigenvalue weighted by Crippen LogP contribution is 2.72. The SMILES string of the molecule is CCCCSS1(S)C=Nc2ccccc21. The van der Waals surface area contributed by atoms with Crippen LogP contribution in [0.2, 0.25) is 0 Å². The van der Waals surface area contributed by atoms with Gasteiger partial charge in [-0.2, -0.15) is 0 Å². The fourth-order valence-electron chi connectivity index (χ4n) is 1.42. The standard InChI is InChI=1S/C11H15NS3/c1-2-3-8-14-15(13)9-12-10-6-4-5-7-11(10)15/h4-7,9,13H,2-3,8H2,1H3. The number of aliphatic imine (C=N–C) groups is 1. The molecule has 0 aliphatic carbocycles. The third kappa shape index (κ3) is 2.37. The second-order valence-corrected chi connectivity index (χ2v) is 10.6. The summed E-state index contributed by atoms with van der Waals surface area (Å²) in [7, 11) is 0.836. The summed E-state index contributed by atoms with van der Waals surface area (Å²) in [4.78, 5) is 5.76. The summed E-state index contributed by atoms with van der Waals surface area (Å²) >= 11 is 4.83. The van der Waals surface area contributed by atoms with E-state index in [1.54, 1.807) is 0 Å². The molecule has 1 unspecified atom stereocenters. The van der Waals surface area contributed by atoms with Gasteiger partial charge in [0, 0.05) is 10.6 Å². The smallest absolute Gasteiger partial charge is 0.0775 e. The number of hydrogen-bond acceptors (Lipinski definition) is 3. The maximum absolute atomic E-state index is 4.83. The topological polar surface area (TPSA) is 12.4 Å². The summed E-state index contributed by atoms with van der Waals surface area (Å²) in [5.74, 6) is 1.18. The van der Waals surface area contributed by atoms with Crippen LogP contribution in [0.1, 0.15) is 19.8 Å². The minimum atomic E-state index is -1.12. The van der Waals surface area contributed by atoms with Gasteiger partial charge in [-0.25, -0.2) is 4.99 Å². The molecule has 0 bridgehead atoms. The maximum atomic E-state index is 4.83. The van der Waals surface area contributed by atoms with Gasteiger partial charge in [0.1, 0.15) is 0 Å². The molecule has 1 aliphatic rings. The van der Waals surface area contributed by atoms with Crippen LogP contribution in [0.5, 0.6) is 0 Å². The number of thiol groups is 1. The van der Waals surface area contributed by atoms with E-state index >= 15 is 0 Å². The van der Waals surface area contributed by atoms with Crippen LogP contribution in [0.25, 0.3) is 0 Å². The molecule has 15 heavy (non-hydrogen) atoms. The Kier molecular flexibility index (Phi) is 3.69. The molecule has 0 spiro atoms. The number of nitrogens with zero attached hydrogens (tertiary/aromatic N) is 1. The number of rotatable bonds is 4. The third-order valence-corrected chi connectivity index (χ3v) is 8.65. The molecular weight excluding hydrogens is 242 g/mol. The minimum Gasteiger partial charge on any atom is -0.248 e. The predicted octanol–water partition coefficient (Wildman–Crippen LogP) is 4.82. The van der Waals surface area contributed by atoms with E-state index in [0.717, 1.165) is 5.69 Å². The number of hydrogen-bond donors (Lipinski definition) is 1. The van der Waals surface area contributed by atoms with Crippen LogP contribution < -0.4 is 0 Å². The van der Waals surface area contributed by atoms with Gasteiger partial charge in [-0.3, -0.25) is 0 Å². The van der Waals surface area contributed by atoms with Crippen LogP contribution in [0, 0.1) is 0 Å². The Labute approximate surface area is 101 Å². The van der Waals surface area contributed by atoms with Crippen molar-refractivity contribution < 1.29 is 0 Å². The molecule has 4 heteroatoms. The minimum absolute atomic E-state index is 1.10. The second-order valence-electron chi connectivity index (χ2n) is 3.45. The molecule has 0 saturated heterocycles. The van der Waals surface area contributed by atoms with E-state index in [0.29, 0.717) is 0 Å². The van der Waals surface area contributed by atoms with Gasteiger partial charge in [0.15, 0.2) is 0 Å². The zero-order chi connectivity index (χ0) is 10.7. The van der Waals surface area contributed by atoms with Crippen molar-refractivity contribution in [3.8, 4) is 0 Å². The number of benzene rings is 1. The van der Waals surface area contributed by atoms with E-state index in [4.69, 9.17) is 11.7 Å². The van der Waals surface area contributed by atoms with Crippen molar-refractivity contribution in [2.24, 2.45) is 4.99 Å². The van der Waals surface area contributed by atoms with E-state index in [1.165, 1.54) is 23.5 Å². The van der Waals surface area contributed by atoms with Crippen molar-refractivity contribution in [3.63, 3.8) is 0 Å². The van der Waals surface area contributed by atoms with Gasteiger partial charge >= 0.3 is 0 Å². The van der Waals surface area contributed by atoms with Crippen molar-refractivity contribution in [2.75, 3.05) is 5.75 Å². The first kappa shape index (κ1) is 11.4. The molecule has 0 N–H and O–H groups in total. The Bertz CT molecular complexity index is 378. The zero-order valence-corrected chi connectivity index (χ0v) is 11.2. The highest BCUT2D eigenvalue weighted by Gasteiger charge is 2.27. The summed E-state index contributed by atoms with van der Waals surface area (Å²) in [6.45, 7) is 2.22. The summed E-state index contributed by atoms with van der Waals surface area (Å²) in [5, 5.41) is 0. The molecule has 0 aromatic heterocycles. The van der Waals surface area contributed by atoms with E-state index in [2.05, 4.69) is 30.1 Å². The second kappa shape index (κ2) is 4.85. The Morgan fingerprint density at radius 2 is 2.20 bits per heavy atom. The summed E-state index contributed by atoms with van der Waals surface area (Å²) in [6.07, 6.45) is 2.51. The molecule has 1 aliphatic heterocycles. The van der Waals surface area contributed by atoms with Crippen LogP contribution in [0.15, 0.2) is 34.2 Å². The summed E-state index contributed by atoms with van der Waals surface area (Å²) in [5.41, 5.74) is 3.15. The lowest BCUT2D eigenvalue weighted by atomic mass is 10.3. The first-order valence-corrected chi connectivity index (χ1v) is 9.34. The summed E-state index contributed by atoms with van der Waals surface area (Å²) in [6, 6.07) is 8.33. The molecule has 82 valence electrons. The van der Waals surface area contributed by atoms with Gasteiger partial charge in [-0.1, -0.05) is 44.4 Å². The molecule has 1 nitrogen and oxygen atoms in total. The molecule has 0 amide bonds. The lowest BCUT2D eigenvalue weighted by Gasteiger charge is -2.25. The highest BCUT2D eigenvalue weighted by molar-refractivity contribution is 9.26. The molecule has 1 aromatic carbocycles. The summed E-state index contributed by atoms with van der Waals surface area (Å²) < 4.78 is 0. The number of para-hydroxylation sites is 1. The van der Waals surface area contributed by atoms with Crippen molar-refractivity contribution in [3.05, 3.63) is 24.3 Å². The average Bonchev–Trinajstić information content (AvgIpc) is 2.59. The molecule has 0 radical (unpaired) electrons. The monoisotopic (exact) mass is 257 g/mol. The number of fused-ring (bicyclic) bond motifs is 1. The van der Waals surface area contributed by atoms with E-state index in [9.17, 15) is 0 Å². The van der Waals surface area contributed by atoms with Crippen LogP contribution >= 0.6 is 30.5 Å². The van der Waals surface area contributed by atoms with Crippen LogP contribution in [0.3, 0.4) is 0 Å². The van der Waals surface area contributed by atoms with E-state index < -0.39 is 8.09 Å². The lowest BCUT2D eigenvalue weighted by molar-refractivity contribution is 0.898. The van der Waals surface area contributed by atoms with Gasteiger partial charge in [0.25, 0.3) is 0 Å². The molecule has 2 rings (SSSR count). The number of unbranched alkanes of at least 4 members (excludes halogenated alkanes) is 1. The molecule has 0 fully saturated rings. The quantitative estimate of drug-likeness (QED) is 0.463. The molecule has 1 atom stereocenters. The fraction of sp³-hybridized carbons (Fsp3) is 0.364. The van der Waals surface area contributed by atoms with Gasteiger partial charge in [-0.05, 0) is 18.6 Å². The highest BCUT2D eigenvalue weighted by atomic mass is 33.5. The molecular formula is C11H15NS3. The zero-order valence-electron chi connectivity index (χ0n) is 8.72. The molecule has 1 heterocycles. The van der Waals surface area contributed by atoms with Crippen LogP contribution in [-0.2, 0) is 0 Å². The lowest BCUT2D eigenvalue weighted by Crippen LogP contribution is -1.87. The predicted molar refractivity (Wildman–Crippen MR) is 76.8 cm³/mol. The van der Waals surface area contributed by atoms with Crippen LogP contribution in [0.4, 0.5) is 5.69 Å². The average molecular weight is 257 g/mol. The van der Waals surface area contributed by atoms with Crippen molar-refractivity contribution in [1.82, 2.24) is 0 Å². The fourth-order valence-corrected chi connectivity index (χ4v) is 6.84. The first-order chi connectivity index (χ1) is 7.26. The van der Waals surface area contributed by atoms with Gasteiger partial charge < -0.3 is 0 Å². The van der Waals surface area contributed by atoms with Crippen molar-refractivity contribution in [2.45, 2.75) is 24.7 Å². The van der Waals surface area contributed by atoms with Gasteiger partial charge in [0.2, 0.25) is 0 Å². The maximum Gasteiger partial charge on any atom is 0.0775 e. The Morgan fingerprint density at radius 3 is 3.00 bits per heavy atom. The van der Waals surface area contributed by atoms with E-state index in [-0.39, 0.29) is 0 Å².